The van der Waals surface area contributed by atoms with Crippen molar-refractivity contribution in [2.75, 3.05) is 26.2 Å². The first-order chi connectivity index (χ1) is 11.0. The number of carboxylic acids is 1. The molecule has 0 unspecified atom stereocenters. The molecule has 0 bridgehead atoms. The van der Waals surface area contributed by atoms with Gasteiger partial charge in [-0.15, -0.1) is 0 Å². The van der Waals surface area contributed by atoms with Crippen LogP contribution in [-0.4, -0.2) is 64.8 Å². The van der Waals surface area contributed by atoms with Gasteiger partial charge in [-0.3, -0.25) is 9.69 Å². The third-order valence-corrected chi connectivity index (χ3v) is 4.84. The van der Waals surface area contributed by atoms with Crippen LogP contribution in [-0.2, 0) is 9.53 Å². The molecule has 1 amide bonds. The van der Waals surface area contributed by atoms with E-state index >= 15 is 0 Å². The molecule has 6 heteroatoms. The number of carboxylic acid groups (broad SMARTS) is 1. The maximum Gasteiger partial charge on any atom is 0.410 e. The minimum atomic E-state index is -0.827. The normalized spacial score (nSPS) is 32.5. The summed E-state index contributed by atoms with van der Waals surface area (Å²) in [5.74, 6) is -0.141. The van der Waals surface area contributed by atoms with Crippen LogP contribution in [0.1, 0.15) is 47.5 Å². The zero-order valence-corrected chi connectivity index (χ0v) is 15.6. The van der Waals surface area contributed by atoms with Crippen LogP contribution < -0.4 is 0 Å². The molecule has 2 fully saturated rings. The maximum absolute atomic E-state index is 12.4. The predicted molar refractivity (Wildman–Crippen MR) is 91.9 cm³/mol. The van der Waals surface area contributed by atoms with Crippen molar-refractivity contribution in [2.24, 2.45) is 17.8 Å². The summed E-state index contributed by atoms with van der Waals surface area (Å²) in [4.78, 5) is 28.0. The molecule has 2 heterocycles. The van der Waals surface area contributed by atoms with Crippen molar-refractivity contribution in [1.29, 1.82) is 0 Å². The fourth-order valence-electron chi connectivity index (χ4n) is 4.00. The Hall–Kier alpha value is -1.30. The summed E-state index contributed by atoms with van der Waals surface area (Å²) >= 11 is 0. The zero-order valence-electron chi connectivity index (χ0n) is 15.6. The Morgan fingerprint density at radius 3 is 2.08 bits per heavy atom. The lowest BCUT2D eigenvalue weighted by molar-refractivity contribution is -0.144. The summed E-state index contributed by atoms with van der Waals surface area (Å²) in [7, 11) is 0. The van der Waals surface area contributed by atoms with Crippen molar-refractivity contribution in [3.05, 3.63) is 0 Å². The third kappa shape index (κ3) is 5.10. The Bertz CT molecular complexity index is 464. The lowest BCUT2D eigenvalue weighted by Crippen LogP contribution is -2.57. The van der Waals surface area contributed by atoms with Crippen molar-refractivity contribution >= 4 is 12.1 Å². The molecule has 0 aliphatic carbocycles. The van der Waals surface area contributed by atoms with Gasteiger partial charge in [0.2, 0.25) is 0 Å². The van der Waals surface area contributed by atoms with Gasteiger partial charge in [0.05, 0.1) is 5.92 Å². The van der Waals surface area contributed by atoms with Gasteiger partial charge in [0.25, 0.3) is 0 Å². The molecule has 1 N–H and O–H groups in total. The Balaban J connectivity index is 2.10. The summed E-state index contributed by atoms with van der Waals surface area (Å²) in [6.45, 7) is 12.7. The number of aliphatic carboxylic acids is 1. The summed E-state index contributed by atoms with van der Waals surface area (Å²) in [5, 5.41) is 9.49. The van der Waals surface area contributed by atoms with E-state index in [0.717, 1.165) is 13.1 Å². The maximum atomic E-state index is 12.4. The smallest absolute Gasteiger partial charge is 0.410 e. The van der Waals surface area contributed by atoms with Crippen molar-refractivity contribution in [2.45, 2.75) is 59.1 Å². The van der Waals surface area contributed by atoms with Gasteiger partial charge in [-0.2, -0.15) is 0 Å². The van der Waals surface area contributed by atoms with Crippen LogP contribution in [0, 0.1) is 17.8 Å². The number of likely N-dealkylation sites (tertiary alicyclic amines) is 2. The molecule has 2 aliphatic heterocycles. The van der Waals surface area contributed by atoms with Crippen LogP contribution in [0.25, 0.3) is 0 Å². The minimum Gasteiger partial charge on any atom is -0.481 e. The predicted octanol–water partition coefficient (Wildman–Crippen LogP) is 2.67. The van der Waals surface area contributed by atoms with Gasteiger partial charge in [-0.05, 0) is 45.4 Å². The van der Waals surface area contributed by atoms with Crippen LogP contribution in [0.2, 0.25) is 0 Å². The van der Waals surface area contributed by atoms with E-state index in [4.69, 9.17) is 4.74 Å². The number of amides is 1. The van der Waals surface area contributed by atoms with Crippen LogP contribution in [0.4, 0.5) is 4.79 Å². The number of rotatable bonds is 2. The van der Waals surface area contributed by atoms with E-state index in [2.05, 4.69) is 18.7 Å². The van der Waals surface area contributed by atoms with E-state index in [0.29, 0.717) is 24.8 Å². The monoisotopic (exact) mass is 340 g/mol. The van der Waals surface area contributed by atoms with Crippen LogP contribution in [0.3, 0.4) is 0 Å². The Kier molecular flexibility index (Phi) is 5.78. The van der Waals surface area contributed by atoms with Crippen LogP contribution >= 0.6 is 0 Å². The standard InChI is InChI=1S/C18H32N2O4/c1-12-6-13(2)9-19(8-12)15-7-14(16(21)22)10-20(11-15)17(23)24-18(3,4)5/h12-15H,6-11H2,1-5H3,(H,21,22)/t12-,13+,14-,15-/m0/s1. The fraction of sp³-hybridized carbons (Fsp3) is 0.889. The first-order valence-corrected chi connectivity index (χ1v) is 9.00. The molecule has 0 radical (unpaired) electrons. The first-order valence-electron chi connectivity index (χ1n) is 9.00. The third-order valence-electron chi connectivity index (χ3n) is 4.84. The van der Waals surface area contributed by atoms with E-state index in [1.807, 2.05) is 20.8 Å². The Labute approximate surface area is 145 Å². The second-order valence-corrected chi connectivity index (χ2v) is 8.71. The highest BCUT2D eigenvalue weighted by molar-refractivity contribution is 5.73. The highest BCUT2D eigenvalue weighted by Gasteiger charge is 2.39. The molecule has 0 spiro atoms. The van der Waals surface area contributed by atoms with Crippen LogP contribution in [0.5, 0.6) is 0 Å². The first kappa shape index (κ1) is 19.0. The number of carbonyl (C=O) groups is 2. The fourth-order valence-corrected chi connectivity index (χ4v) is 4.00. The zero-order chi connectivity index (χ0) is 18.1. The molecule has 0 aromatic rings. The molecule has 138 valence electrons. The number of hydrogen-bond acceptors (Lipinski definition) is 4. The van der Waals surface area contributed by atoms with Crippen LogP contribution in [0.15, 0.2) is 0 Å². The average molecular weight is 340 g/mol. The second-order valence-electron chi connectivity index (χ2n) is 8.71. The van der Waals surface area contributed by atoms with Crippen molar-refractivity contribution in [1.82, 2.24) is 9.80 Å². The van der Waals surface area contributed by atoms with Crippen molar-refractivity contribution in [3.63, 3.8) is 0 Å². The van der Waals surface area contributed by atoms with E-state index in [-0.39, 0.29) is 12.6 Å². The van der Waals surface area contributed by atoms with E-state index in [1.54, 1.807) is 4.90 Å². The summed E-state index contributed by atoms with van der Waals surface area (Å²) in [6.07, 6.45) is 1.41. The van der Waals surface area contributed by atoms with Crippen molar-refractivity contribution < 1.29 is 19.4 Å². The van der Waals surface area contributed by atoms with Gasteiger partial charge in [0, 0.05) is 32.2 Å². The number of carbonyl (C=O) groups excluding carboxylic acids is 1. The van der Waals surface area contributed by atoms with Gasteiger partial charge >= 0.3 is 12.1 Å². The molecule has 2 saturated heterocycles. The minimum absolute atomic E-state index is 0.0950. The van der Waals surface area contributed by atoms with Gasteiger partial charge < -0.3 is 14.7 Å². The second kappa shape index (κ2) is 7.30. The van der Waals surface area contributed by atoms with E-state index in [9.17, 15) is 14.7 Å². The highest BCUT2D eigenvalue weighted by atomic mass is 16.6. The van der Waals surface area contributed by atoms with Crippen molar-refractivity contribution in [3.8, 4) is 0 Å². The quantitative estimate of drug-likeness (QED) is 0.837. The molecule has 0 aromatic carbocycles. The van der Waals surface area contributed by atoms with Gasteiger partial charge in [0.1, 0.15) is 5.60 Å². The SMILES string of the molecule is C[C@@H]1C[C@H](C)CN([C@H]2C[C@H](C(=O)O)CN(C(=O)OC(C)(C)C)C2)C1. The average Bonchev–Trinajstić information content (AvgIpc) is 2.43. The number of nitrogens with zero attached hydrogens (tertiary/aromatic N) is 2. The highest BCUT2D eigenvalue weighted by Crippen LogP contribution is 2.28. The summed E-state index contributed by atoms with van der Waals surface area (Å²) in [6, 6.07) is 0.0950. The molecule has 4 atom stereocenters. The number of piperidine rings is 2. The number of hydrogen-bond donors (Lipinski definition) is 1. The molecule has 2 rings (SSSR count). The molecule has 0 saturated carbocycles. The lowest BCUT2D eigenvalue weighted by atomic mass is 9.87. The van der Waals surface area contributed by atoms with Gasteiger partial charge in [-0.25, -0.2) is 4.79 Å². The molecule has 24 heavy (non-hydrogen) atoms. The Morgan fingerprint density at radius 2 is 1.58 bits per heavy atom. The molecule has 6 nitrogen and oxygen atoms in total. The largest absolute Gasteiger partial charge is 0.481 e. The van der Waals surface area contributed by atoms with E-state index < -0.39 is 23.6 Å². The molecular formula is C18H32N2O4. The molecular weight excluding hydrogens is 308 g/mol. The molecule has 2 aliphatic rings. The number of ether oxygens (including phenoxy) is 1. The van der Waals surface area contributed by atoms with Gasteiger partial charge in [0.15, 0.2) is 0 Å². The summed E-state index contributed by atoms with van der Waals surface area (Å²) in [5.41, 5.74) is -0.573. The Morgan fingerprint density at radius 1 is 1.00 bits per heavy atom. The van der Waals surface area contributed by atoms with Gasteiger partial charge in [-0.1, -0.05) is 13.8 Å². The topological polar surface area (TPSA) is 70.1 Å². The van der Waals surface area contributed by atoms with E-state index in [1.165, 1.54) is 6.42 Å². The summed E-state index contributed by atoms with van der Waals surface area (Å²) < 4.78 is 5.46. The lowest BCUT2D eigenvalue weighted by Gasteiger charge is -2.45. The molecule has 0 aromatic heterocycles.